The molecule has 0 aliphatic carbocycles. The molecular weight excluding hydrogens is 314 g/mol. The minimum atomic E-state index is 0.0166. The fraction of sp³-hybridized carbons (Fsp3) is 0.316. The maximum absolute atomic E-state index is 12.5. The number of amides is 1. The second-order valence-corrected chi connectivity index (χ2v) is 6.49. The first-order chi connectivity index (χ1) is 12.2. The highest BCUT2D eigenvalue weighted by Gasteiger charge is 2.26. The molecule has 0 unspecified atom stereocenters. The van der Waals surface area contributed by atoms with E-state index in [0.717, 1.165) is 48.6 Å². The van der Waals surface area contributed by atoms with Crippen molar-refractivity contribution in [3.05, 3.63) is 48.2 Å². The molecule has 0 atom stereocenters. The minimum Gasteiger partial charge on any atom is -0.342 e. The smallest absolute Gasteiger partial charge is 0.228 e. The van der Waals surface area contributed by atoms with E-state index in [9.17, 15) is 4.79 Å². The van der Waals surface area contributed by atoms with Crippen LogP contribution in [0.4, 0.5) is 11.8 Å². The summed E-state index contributed by atoms with van der Waals surface area (Å²) in [6, 6.07) is 13.7. The molecule has 1 aliphatic rings. The number of pyridine rings is 1. The molecule has 128 valence electrons. The van der Waals surface area contributed by atoms with Crippen LogP contribution in [0.5, 0.6) is 0 Å². The Kier molecular flexibility index (Phi) is 4.09. The van der Waals surface area contributed by atoms with Gasteiger partial charge in [0.25, 0.3) is 0 Å². The van der Waals surface area contributed by atoms with Gasteiger partial charge in [-0.25, -0.2) is 9.97 Å². The predicted molar refractivity (Wildman–Crippen MR) is 98.6 cm³/mol. The highest BCUT2D eigenvalue weighted by atomic mass is 16.1. The van der Waals surface area contributed by atoms with Gasteiger partial charge < -0.3 is 15.2 Å². The Morgan fingerprint density at radius 3 is 2.68 bits per heavy atom. The average molecular weight is 335 g/mol. The quantitative estimate of drug-likeness (QED) is 0.771. The van der Waals surface area contributed by atoms with Crippen LogP contribution in [0.2, 0.25) is 0 Å². The van der Waals surface area contributed by atoms with Gasteiger partial charge in [0.1, 0.15) is 5.82 Å². The van der Waals surface area contributed by atoms with Crippen LogP contribution in [0.15, 0.2) is 42.5 Å². The molecule has 25 heavy (non-hydrogen) atoms. The summed E-state index contributed by atoms with van der Waals surface area (Å²) in [5.41, 5.74) is 2.92. The maximum atomic E-state index is 12.5. The summed E-state index contributed by atoms with van der Waals surface area (Å²) in [5.74, 6) is 1.59. The molecule has 3 aromatic rings. The summed E-state index contributed by atoms with van der Waals surface area (Å²) in [7, 11) is 0. The zero-order valence-electron chi connectivity index (χ0n) is 14.2. The van der Waals surface area contributed by atoms with Crippen molar-refractivity contribution < 1.29 is 4.79 Å². The van der Waals surface area contributed by atoms with Crippen LogP contribution in [0.1, 0.15) is 18.5 Å². The second kappa shape index (κ2) is 6.55. The van der Waals surface area contributed by atoms with Crippen LogP contribution in [-0.2, 0) is 4.79 Å². The molecule has 2 N–H and O–H groups in total. The van der Waals surface area contributed by atoms with Crippen LogP contribution in [0.25, 0.3) is 11.0 Å². The Balaban J connectivity index is 1.38. The van der Waals surface area contributed by atoms with Crippen molar-refractivity contribution in [2.45, 2.75) is 19.8 Å². The van der Waals surface area contributed by atoms with Crippen molar-refractivity contribution in [3.63, 3.8) is 0 Å². The normalized spacial score (nSPS) is 15.5. The summed E-state index contributed by atoms with van der Waals surface area (Å²) in [6.45, 7) is 3.56. The van der Waals surface area contributed by atoms with E-state index < -0.39 is 0 Å². The van der Waals surface area contributed by atoms with Crippen LogP contribution in [-0.4, -0.2) is 33.9 Å². The fourth-order valence-electron chi connectivity index (χ4n) is 3.28. The van der Waals surface area contributed by atoms with Gasteiger partial charge in [-0.2, -0.15) is 0 Å². The van der Waals surface area contributed by atoms with E-state index in [4.69, 9.17) is 0 Å². The molecule has 1 amide bonds. The molecule has 0 spiro atoms. The van der Waals surface area contributed by atoms with E-state index in [1.807, 2.05) is 49.4 Å². The van der Waals surface area contributed by atoms with E-state index in [-0.39, 0.29) is 11.8 Å². The van der Waals surface area contributed by atoms with Crippen LogP contribution >= 0.6 is 0 Å². The molecular formula is C19H21N5O. The number of carbonyl (C=O) groups is 1. The first-order valence-corrected chi connectivity index (χ1v) is 8.63. The number of imidazole rings is 1. The summed E-state index contributed by atoms with van der Waals surface area (Å²) < 4.78 is 0. The first kappa shape index (κ1) is 15.6. The number of piperidine rings is 1. The number of anilines is 2. The number of benzene rings is 1. The Morgan fingerprint density at radius 1 is 1.12 bits per heavy atom. The van der Waals surface area contributed by atoms with Crippen molar-refractivity contribution in [2.24, 2.45) is 5.92 Å². The van der Waals surface area contributed by atoms with Gasteiger partial charge in [0.15, 0.2) is 0 Å². The Labute approximate surface area is 146 Å². The number of fused-ring (bicyclic) bond motifs is 1. The van der Waals surface area contributed by atoms with Gasteiger partial charge >= 0.3 is 0 Å². The molecule has 0 bridgehead atoms. The largest absolute Gasteiger partial charge is 0.342 e. The number of rotatable bonds is 3. The highest BCUT2D eigenvalue weighted by molar-refractivity contribution is 5.91. The van der Waals surface area contributed by atoms with E-state index in [1.165, 1.54) is 0 Å². The second-order valence-electron chi connectivity index (χ2n) is 6.49. The number of H-pyrrole nitrogens is 1. The zero-order valence-corrected chi connectivity index (χ0v) is 14.2. The average Bonchev–Trinajstić information content (AvgIpc) is 3.06. The van der Waals surface area contributed by atoms with E-state index >= 15 is 0 Å². The lowest BCUT2D eigenvalue weighted by Gasteiger charge is -2.30. The minimum absolute atomic E-state index is 0.0166. The van der Waals surface area contributed by atoms with Gasteiger partial charge in [0, 0.05) is 24.7 Å². The molecule has 0 radical (unpaired) electrons. The van der Waals surface area contributed by atoms with Gasteiger partial charge in [0.2, 0.25) is 11.9 Å². The fourth-order valence-corrected chi connectivity index (χ4v) is 3.28. The van der Waals surface area contributed by atoms with Crippen LogP contribution in [0, 0.1) is 12.8 Å². The topological polar surface area (TPSA) is 73.9 Å². The Hall–Kier alpha value is -2.89. The lowest BCUT2D eigenvalue weighted by molar-refractivity contribution is -0.120. The van der Waals surface area contributed by atoms with Gasteiger partial charge in [-0.1, -0.05) is 18.2 Å². The number of nitrogens with one attached hydrogen (secondary N) is 2. The van der Waals surface area contributed by atoms with Crippen molar-refractivity contribution in [1.82, 2.24) is 15.0 Å². The number of carbonyl (C=O) groups excluding carboxylic acids is 1. The third-order valence-electron chi connectivity index (χ3n) is 4.68. The summed E-state index contributed by atoms with van der Waals surface area (Å²) >= 11 is 0. The van der Waals surface area contributed by atoms with Crippen molar-refractivity contribution in [1.29, 1.82) is 0 Å². The standard InChI is InChI=1S/C19H21N5O/c1-13-5-4-8-17(20-13)23-18(25)14-9-11-24(12-10-14)19-21-15-6-2-3-7-16(15)22-19/h2-8,14H,9-12H2,1H3,(H,21,22)(H,20,23,25). The van der Waals surface area contributed by atoms with Crippen molar-refractivity contribution in [2.75, 3.05) is 23.3 Å². The lowest BCUT2D eigenvalue weighted by Crippen LogP contribution is -2.38. The van der Waals surface area contributed by atoms with Crippen molar-refractivity contribution in [3.8, 4) is 0 Å². The molecule has 3 heterocycles. The predicted octanol–water partition coefficient (Wildman–Crippen LogP) is 3.12. The van der Waals surface area contributed by atoms with Crippen molar-refractivity contribution >= 4 is 28.7 Å². The van der Waals surface area contributed by atoms with Crippen LogP contribution < -0.4 is 10.2 Å². The summed E-state index contributed by atoms with van der Waals surface area (Å²) in [4.78, 5) is 27.0. The third-order valence-corrected chi connectivity index (χ3v) is 4.68. The van der Waals surface area contributed by atoms with Gasteiger partial charge in [-0.3, -0.25) is 4.79 Å². The number of hydrogen-bond donors (Lipinski definition) is 2. The molecule has 2 aromatic heterocycles. The molecule has 1 saturated heterocycles. The Morgan fingerprint density at radius 2 is 1.92 bits per heavy atom. The molecule has 6 heteroatoms. The maximum Gasteiger partial charge on any atom is 0.228 e. The number of aryl methyl sites for hydroxylation is 1. The molecule has 1 aliphatic heterocycles. The van der Waals surface area contributed by atoms with Gasteiger partial charge in [-0.05, 0) is 44.0 Å². The van der Waals surface area contributed by atoms with E-state index in [0.29, 0.717) is 5.82 Å². The monoisotopic (exact) mass is 335 g/mol. The Bertz CT molecular complexity index is 862. The molecule has 6 nitrogen and oxygen atoms in total. The third kappa shape index (κ3) is 3.33. The molecule has 4 rings (SSSR count). The van der Waals surface area contributed by atoms with E-state index in [1.54, 1.807) is 0 Å². The van der Waals surface area contributed by atoms with E-state index in [2.05, 4.69) is 25.2 Å². The lowest BCUT2D eigenvalue weighted by atomic mass is 9.96. The molecule has 1 aromatic carbocycles. The van der Waals surface area contributed by atoms with Gasteiger partial charge in [-0.15, -0.1) is 0 Å². The molecule has 0 saturated carbocycles. The summed E-state index contributed by atoms with van der Waals surface area (Å²) in [5, 5.41) is 2.94. The van der Waals surface area contributed by atoms with Crippen LogP contribution in [0.3, 0.4) is 0 Å². The number of hydrogen-bond acceptors (Lipinski definition) is 4. The number of aromatic amines is 1. The number of nitrogens with zero attached hydrogens (tertiary/aromatic N) is 3. The number of aromatic nitrogens is 3. The first-order valence-electron chi connectivity index (χ1n) is 8.63. The summed E-state index contributed by atoms with van der Waals surface area (Å²) in [6.07, 6.45) is 1.63. The molecule has 1 fully saturated rings. The van der Waals surface area contributed by atoms with Gasteiger partial charge in [0.05, 0.1) is 11.0 Å². The number of para-hydroxylation sites is 2. The highest BCUT2D eigenvalue weighted by Crippen LogP contribution is 2.24. The SMILES string of the molecule is Cc1cccc(NC(=O)C2CCN(c3nc4ccccc4[nH]3)CC2)n1. The zero-order chi connectivity index (χ0) is 17.2.